The van der Waals surface area contributed by atoms with Crippen molar-refractivity contribution < 1.29 is 9.53 Å². The maximum Gasteiger partial charge on any atom is 0.410 e. The Morgan fingerprint density at radius 2 is 2.27 bits per heavy atom. The van der Waals surface area contributed by atoms with Crippen LogP contribution in [0.3, 0.4) is 0 Å². The van der Waals surface area contributed by atoms with E-state index in [4.69, 9.17) is 4.74 Å². The van der Waals surface area contributed by atoms with E-state index in [1.165, 1.54) is 5.56 Å². The van der Waals surface area contributed by atoms with Crippen LogP contribution >= 0.6 is 27.3 Å². The van der Waals surface area contributed by atoms with Gasteiger partial charge >= 0.3 is 6.09 Å². The maximum absolute atomic E-state index is 12.3. The first kappa shape index (κ1) is 17.8. The van der Waals surface area contributed by atoms with Crippen LogP contribution in [0, 0.1) is 0 Å². The van der Waals surface area contributed by atoms with Crippen LogP contribution in [0.25, 0.3) is 0 Å². The number of nitrogens with zero attached hydrogens (tertiary/aromatic N) is 1. The van der Waals surface area contributed by atoms with Crippen molar-refractivity contribution in [2.75, 3.05) is 13.1 Å². The molecule has 0 spiro atoms. The molecule has 0 saturated carbocycles. The first-order valence-corrected chi connectivity index (χ1v) is 9.45. The molecule has 1 aliphatic heterocycles. The van der Waals surface area contributed by atoms with Gasteiger partial charge in [0.15, 0.2) is 0 Å². The molecule has 2 heterocycles. The zero-order valence-corrected chi connectivity index (χ0v) is 15.9. The first-order chi connectivity index (χ1) is 10.3. The summed E-state index contributed by atoms with van der Waals surface area (Å²) in [4.78, 5) is 14.1. The van der Waals surface area contributed by atoms with E-state index in [2.05, 4.69) is 32.7 Å². The van der Waals surface area contributed by atoms with Crippen LogP contribution in [0.1, 0.15) is 45.6 Å². The quantitative estimate of drug-likeness (QED) is 0.834. The van der Waals surface area contributed by atoms with Gasteiger partial charge in [0.25, 0.3) is 0 Å². The molecule has 1 saturated heterocycles. The summed E-state index contributed by atoms with van der Waals surface area (Å²) in [5.41, 5.74) is 0.847. The Hall–Kier alpha value is -0.590. The largest absolute Gasteiger partial charge is 0.444 e. The maximum atomic E-state index is 12.3. The third kappa shape index (κ3) is 5.89. The fraction of sp³-hybridized carbons (Fsp3) is 0.688. The number of amides is 1. The minimum absolute atomic E-state index is 0.195. The van der Waals surface area contributed by atoms with Crippen molar-refractivity contribution in [2.24, 2.45) is 0 Å². The van der Waals surface area contributed by atoms with Crippen molar-refractivity contribution in [1.29, 1.82) is 0 Å². The highest BCUT2D eigenvalue weighted by molar-refractivity contribution is 9.11. The second-order valence-electron chi connectivity index (χ2n) is 6.76. The minimum atomic E-state index is -0.435. The molecule has 1 atom stereocenters. The van der Waals surface area contributed by atoms with Gasteiger partial charge in [0.1, 0.15) is 5.60 Å². The van der Waals surface area contributed by atoms with Gasteiger partial charge in [-0.3, -0.25) is 0 Å². The van der Waals surface area contributed by atoms with Gasteiger partial charge in [-0.05, 0) is 66.6 Å². The molecule has 1 fully saturated rings. The summed E-state index contributed by atoms with van der Waals surface area (Å²) >= 11 is 5.19. The Bertz CT molecular complexity index is 499. The summed E-state index contributed by atoms with van der Waals surface area (Å²) in [6.07, 6.45) is 3.09. The number of hydrogen-bond donors (Lipinski definition) is 1. The van der Waals surface area contributed by atoms with Crippen LogP contribution in [0.4, 0.5) is 4.79 Å². The Balaban J connectivity index is 1.87. The molecule has 0 aliphatic carbocycles. The van der Waals surface area contributed by atoms with E-state index >= 15 is 0 Å². The van der Waals surface area contributed by atoms with Gasteiger partial charge < -0.3 is 15.0 Å². The van der Waals surface area contributed by atoms with Crippen LogP contribution in [-0.2, 0) is 11.3 Å². The first-order valence-electron chi connectivity index (χ1n) is 7.78. The molecule has 0 radical (unpaired) electrons. The molecule has 4 nitrogen and oxygen atoms in total. The smallest absolute Gasteiger partial charge is 0.410 e. The summed E-state index contributed by atoms with van der Waals surface area (Å²) < 4.78 is 6.66. The van der Waals surface area contributed by atoms with Gasteiger partial charge in [-0.2, -0.15) is 0 Å². The van der Waals surface area contributed by atoms with Crippen molar-refractivity contribution in [3.63, 3.8) is 0 Å². The number of ether oxygens (including phenoxy) is 1. The number of halogens is 1. The highest BCUT2D eigenvalue weighted by Crippen LogP contribution is 2.21. The van der Waals surface area contributed by atoms with E-state index in [0.29, 0.717) is 6.04 Å². The fourth-order valence-electron chi connectivity index (χ4n) is 2.50. The zero-order valence-electron chi connectivity index (χ0n) is 13.5. The molecule has 0 bridgehead atoms. The molecule has 1 unspecified atom stereocenters. The number of thiophene rings is 1. The molecular formula is C16H25BrN2O2S. The number of carbonyl (C=O) groups excluding carboxylic acids is 1. The normalized spacial score (nSPS) is 19.8. The predicted molar refractivity (Wildman–Crippen MR) is 94.3 cm³/mol. The van der Waals surface area contributed by atoms with E-state index in [9.17, 15) is 4.79 Å². The second kappa shape index (κ2) is 7.79. The summed E-state index contributed by atoms with van der Waals surface area (Å²) in [5, 5.41) is 5.73. The summed E-state index contributed by atoms with van der Waals surface area (Å²) in [5.74, 6) is 0. The highest BCUT2D eigenvalue weighted by Gasteiger charge is 2.26. The average molecular weight is 389 g/mol. The molecule has 1 amide bonds. The van der Waals surface area contributed by atoms with E-state index in [-0.39, 0.29) is 6.09 Å². The van der Waals surface area contributed by atoms with Gasteiger partial charge in [0.05, 0.1) is 3.79 Å². The van der Waals surface area contributed by atoms with Crippen LogP contribution in [-0.4, -0.2) is 35.7 Å². The molecule has 1 N–H and O–H groups in total. The number of likely N-dealkylation sites (tertiary alicyclic amines) is 1. The van der Waals surface area contributed by atoms with Crippen molar-refractivity contribution in [1.82, 2.24) is 10.2 Å². The van der Waals surface area contributed by atoms with Gasteiger partial charge in [-0.25, -0.2) is 4.79 Å². The number of carbonyl (C=O) groups is 1. The monoisotopic (exact) mass is 388 g/mol. The average Bonchev–Trinajstić information content (AvgIpc) is 2.69. The van der Waals surface area contributed by atoms with Gasteiger partial charge in [0, 0.05) is 25.7 Å². The predicted octanol–water partition coefficient (Wildman–Crippen LogP) is 4.39. The second-order valence-corrected chi connectivity index (χ2v) is 9.05. The van der Waals surface area contributed by atoms with Gasteiger partial charge in [-0.1, -0.05) is 6.42 Å². The van der Waals surface area contributed by atoms with Crippen LogP contribution in [0.2, 0.25) is 0 Å². The lowest BCUT2D eigenvalue weighted by atomic mass is 10.1. The molecule has 1 aliphatic rings. The number of hydrogen-bond acceptors (Lipinski definition) is 4. The van der Waals surface area contributed by atoms with Crippen LogP contribution in [0.5, 0.6) is 0 Å². The van der Waals surface area contributed by atoms with Crippen molar-refractivity contribution in [2.45, 2.75) is 58.2 Å². The van der Waals surface area contributed by atoms with Crippen molar-refractivity contribution in [3.05, 3.63) is 20.8 Å². The van der Waals surface area contributed by atoms with Crippen LogP contribution in [0.15, 0.2) is 15.2 Å². The lowest BCUT2D eigenvalue weighted by Gasteiger charge is -2.28. The Morgan fingerprint density at radius 3 is 2.91 bits per heavy atom. The van der Waals surface area contributed by atoms with Crippen LogP contribution < -0.4 is 5.32 Å². The zero-order chi connectivity index (χ0) is 16.2. The van der Waals surface area contributed by atoms with Crippen molar-refractivity contribution >= 4 is 33.4 Å². The lowest BCUT2D eigenvalue weighted by molar-refractivity contribution is 0.0243. The molecule has 2 rings (SSSR count). The molecule has 1 aromatic rings. The molecule has 6 heteroatoms. The van der Waals surface area contributed by atoms with Gasteiger partial charge in [0.2, 0.25) is 0 Å². The Labute approximate surface area is 145 Å². The molecule has 0 aromatic carbocycles. The third-order valence-corrected chi connectivity index (χ3v) is 5.09. The minimum Gasteiger partial charge on any atom is -0.444 e. The summed E-state index contributed by atoms with van der Waals surface area (Å²) in [6.45, 7) is 8.08. The lowest BCUT2D eigenvalue weighted by Crippen LogP contribution is -2.44. The topological polar surface area (TPSA) is 41.6 Å². The van der Waals surface area contributed by atoms with E-state index < -0.39 is 5.60 Å². The van der Waals surface area contributed by atoms with Crippen molar-refractivity contribution in [3.8, 4) is 0 Å². The molecule has 22 heavy (non-hydrogen) atoms. The SMILES string of the molecule is CC(C)(C)OC(=O)N1CCCCC(NCc2csc(Br)c2)C1. The highest BCUT2D eigenvalue weighted by atomic mass is 79.9. The molecular weight excluding hydrogens is 364 g/mol. The number of rotatable bonds is 3. The Kier molecular flexibility index (Phi) is 6.29. The summed E-state index contributed by atoms with van der Waals surface area (Å²) in [6, 6.07) is 2.47. The fourth-order valence-corrected chi connectivity index (χ4v) is 3.71. The molecule has 124 valence electrons. The van der Waals surface area contributed by atoms with E-state index in [1.54, 1.807) is 11.3 Å². The van der Waals surface area contributed by atoms with E-state index in [1.807, 2.05) is 25.7 Å². The summed E-state index contributed by atoms with van der Waals surface area (Å²) in [7, 11) is 0. The number of nitrogens with one attached hydrogen (secondary N) is 1. The third-order valence-electron chi connectivity index (χ3n) is 3.54. The van der Waals surface area contributed by atoms with E-state index in [0.717, 1.165) is 42.7 Å². The van der Waals surface area contributed by atoms with Gasteiger partial charge in [-0.15, -0.1) is 11.3 Å². The Morgan fingerprint density at radius 1 is 1.50 bits per heavy atom. The standard InChI is InChI=1S/C16H25BrN2O2S/c1-16(2,3)21-15(20)19-7-5-4-6-13(10-19)18-9-12-8-14(17)22-11-12/h8,11,13,18H,4-7,9-10H2,1-3H3. The molecule has 1 aromatic heterocycles.